The maximum atomic E-state index is 10.5. The molecule has 8 heteroatoms. The molecule has 1 saturated heterocycles. The average Bonchev–Trinajstić information content (AvgIpc) is 3.19. The van der Waals surface area contributed by atoms with E-state index in [4.69, 9.17) is 15.5 Å². The first-order valence-electron chi connectivity index (χ1n) is 10.1. The Morgan fingerprint density at radius 3 is 2.70 bits per heavy atom. The maximum Gasteiger partial charge on any atom is 0.167 e. The van der Waals surface area contributed by atoms with Crippen LogP contribution in [0.25, 0.3) is 11.2 Å². The number of hydrogen-bond donors (Lipinski definition) is 3. The van der Waals surface area contributed by atoms with Crippen molar-refractivity contribution in [3.8, 4) is 0 Å². The quantitative estimate of drug-likeness (QED) is 0.447. The molecule has 2 aromatic heterocycles. The van der Waals surface area contributed by atoms with Crippen LogP contribution in [0.4, 0.5) is 5.82 Å². The molecule has 0 radical (unpaired) electrons. The molecule has 4 atom stereocenters. The van der Waals surface area contributed by atoms with Crippen LogP contribution in [-0.2, 0) is 11.2 Å². The third kappa shape index (κ3) is 4.38. The van der Waals surface area contributed by atoms with Crippen molar-refractivity contribution in [1.29, 1.82) is 0 Å². The number of imidazole rings is 1. The number of aliphatic hydroxyl groups is 1. The van der Waals surface area contributed by atoms with Crippen molar-refractivity contribution in [2.75, 3.05) is 5.73 Å². The van der Waals surface area contributed by atoms with Gasteiger partial charge in [0, 0.05) is 6.42 Å². The van der Waals surface area contributed by atoms with Gasteiger partial charge in [0.1, 0.15) is 11.3 Å². The molecule has 1 aliphatic rings. The van der Waals surface area contributed by atoms with Crippen LogP contribution in [-0.4, -0.2) is 42.1 Å². The van der Waals surface area contributed by atoms with E-state index in [9.17, 15) is 5.11 Å². The summed E-state index contributed by atoms with van der Waals surface area (Å²) in [5.41, 5.74) is 7.34. The van der Waals surface area contributed by atoms with Crippen molar-refractivity contribution in [2.45, 2.75) is 88.9 Å². The van der Waals surface area contributed by atoms with Gasteiger partial charge >= 0.3 is 0 Å². The summed E-state index contributed by atoms with van der Waals surface area (Å²) in [5, 5.41) is 10.2. The highest BCUT2D eigenvalue weighted by molar-refractivity contribution is 7.81. The van der Waals surface area contributed by atoms with Gasteiger partial charge in [-0.3, -0.25) is 4.57 Å². The molecule has 2 aromatic rings. The van der Waals surface area contributed by atoms with Gasteiger partial charge in [0.15, 0.2) is 17.7 Å². The summed E-state index contributed by atoms with van der Waals surface area (Å²) in [6.45, 7) is 4.32. The number of aryl methyl sites for hydroxylation is 1. The zero-order chi connectivity index (χ0) is 19.4. The molecule has 1 aliphatic heterocycles. The highest BCUT2D eigenvalue weighted by atomic mass is 32.1. The number of nitrogens with zero attached hydrogens (tertiary/aromatic N) is 4. The van der Waals surface area contributed by atoms with Gasteiger partial charge in [-0.15, -0.1) is 0 Å². The van der Waals surface area contributed by atoms with Gasteiger partial charge in [0.2, 0.25) is 0 Å². The van der Waals surface area contributed by atoms with E-state index in [0.29, 0.717) is 17.0 Å². The van der Waals surface area contributed by atoms with Crippen molar-refractivity contribution in [1.82, 2.24) is 19.5 Å². The maximum absolute atomic E-state index is 10.5. The van der Waals surface area contributed by atoms with Crippen molar-refractivity contribution in [3.63, 3.8) is 0 Å². The molecule has 0 unspecified atom stereocenters. The molecule has 0 saturated carbocycles. The second-order valence-corrected chi connectivity index (χ2v) is 7.94. The third-order valence-electron chi connectivity index (χ3n) is 5.20. The minimum absolute atomic E-state index is 0.220. The molecule has 7 nitrogen and oxygen atoms in total. The SMILES string of the molecule is CCCCCCc1nc(N)c2ncn([C@@H]3O[C@H](CCCC)[C@@H](O)[C@H]3S)c2n1. The molecular formula is C19H31N5O2S. The standard InChI is InChI=1S/C19H31N5O2S/c1-3-5-7-8-10-13-22-17(20)14-18(23-13)24(11-21-14)19-16(27)15(25)12(26-19)9-6-4-2/h11-12,15-16,19,25,27H,3-10H2,1-2H3,(H2,20,22,23)/t12-,15-,16-,19-/m1/s1. The fourth-order valence-electron chi connectivity index (χ4n) is 3.60. The van der Waals surface area contributed by atoms with E-state index < -0.39 is 12.3 Å². The van der Waals surface area contributed by atoms with E-state index in [-0.39, 0.29) is 11.4 Å². The van der Waals surface area contributed by atoms with E-state index in [1.165, 1.54) is 12.8 Å². The van der Waals surface area contributed by atoms with Crippen LogP contribution in [0.3, 0.4) is 0 Å². The fourth-order valence-corrected chi connectivity index (χ4v) is 4.00. The van der Waals surface area contributed by atoms with Gasteiger partial charge in [-0.05, 0) is 12.8 Å². The van der Waals surface area contributed by atoms with Crippen molar-refractivity contribution < 1.29 is 9.84 Å². The number of aliphatic hydroxyl groups excluding tert-OH is 1. The second kappa shape index (κ2) is 9.21. The summed E-state index contributed by atoms with van der Waals surface area (Å²) in [6, 6.07) is 0. The number of thiol groups is 1. The number of aromatic nitrogens is 4. The zero-order valence-corrected chi connectivity index (χ0v) is 17.1. The van der Waals surface area contributed by atoms with E-state index in [2.05, 4.69) is 36.4 Å². The lowest BCUT2D eigenvalue weighted by Gasteiger charge is -2.17. The monoisotopic (exact) mass is 393 g/mol. The summed E-state index contributed by atoms with van der Waals surface area (Å²) >= 11 is 4.61. The van der Waals surface area contributed by atoms with Crippen LogP contribution in [0.1, 0.15) is 70.8 Å². The average molecular weight is 394 g/mol. The van der Waals surface area contributed by atoms with Gasteiger partial charge in [-0.2, -0.15) is 12.6 Å². The molecule has 3 heterocycles. The normalized spacial score (nSPS) is 25.5. The predicted molar refractivity (Wildman–Crippen MR) is 110 cm³/mol. The number of hydrogen-bond acceptors (Lipinski definition) is 7. The molecule has 0 bridgehead atoms. The summed E-state index contributed by atoms with van der Waals surface area (Å²) in [6.07, 6.45) is 8.70. The zero-order valence-electron chi connectivity index (χ0n) is 16.2. The molecule has 0 aromatic carbocycles. The van der Waals surface area contributed by atoms with Crippen molar-refractivity contribution in [2.24, 2.45) is 0 Å². The predicted octanol–water partition coefficient (Wildman–Crippen LogP) is 3.28. The smallest absolute Gasteiger partial charge is 0.167 e. The largest absolute Gasteiger partial charge is 0.389 e. The van der Waals surface area contributed by atoms with Crippen molar-refractivity contribution >= 4 is 29.6 Å². The molecule has 0 aliphatic carbocycles. The first kappa shape index (κ1) is 20.4. The minimum Gasteiger partial charge on any atom is -0.389 e. The second-order valence-electron chi connectivity index (χ2n) is 7.35. The lowest BCUT2D eigenvalue weighted by molar-refractivity contribution is -0.0214. The van der Waals surface area contributed by atoms with E-state index in [1.807, 2.05) is 4.57 Å². The Morgan fingerprint density at radius 1 is 1.19 bits per heavy atom. The van der Waals surface area contributed by atoms with Crippen LogP contribution < -0.4 is 5.73 Å². The molecule has 1 fully saturated rings. The lowest BCUT2D eigenvalue weighted by Crippen LogP contribution is -2.27. The Hall–Kier alpha value is -1.38. The molecule has 0 spiro atoms. The number of fused-ring (bicyclic) bond motifs is 1. The summed E-state index contributed by atoms with van der Waals surface area (Å²) < 4.78 is 7.97. The highest BCUT2D eigenvalue weighted by Crippen LogP contribution is 2.37. The van der Waals surface area contributed by atoms with E-state index >= 15 is 0 Å². The molecule has 27 heavy (non-hydrogen) atoms. The Kier molecular flexibility index (Phi) is 6.94. The molecule has 0 amide bonds. The molecule has 150 valence electrons. The van der Waals surface area contributed by atoms with Gasteiger partial charge in [0.25, 0.3) is 0 Å². The molecule has 3 N–H and O–H groups in total. The number of nitrogen functional groups attached to an aromatic ring is 1. The van der Waals surface area contributed by atoms with Gasteiger partial charge in [0.05, 0.1) is 23.8 Å². The molecule has 3 rings (SSSR count). The summed E-state index contributed by atoms with van der Waals surface area (Å²) in [4.78, 5) is 13.5. The fraction of sp³-hybridized carbons (Fsp3) is 0.737. The van der Waals surface area contributed by atoms with Crippen LogP contribution in [0.2, 0.25) is 0 Å². The van der Waals surface area contributed by atoms with Crippen LogP contribution >= 0.6 is 12.6 Å². The van der Waals surface area contributed by atoms with Crippen molar-refractivity contribution in [3.05, 3.63) is 12.2 Å². The highest BCUT2D eigenvalue weighted by Gasteiger charge is 2.42. The first-order valence-corrected chi connectivity index (χ1v) is 10.6. The van der Waals surface area contributed by atoms with E-state index in [1.54, 1.807) is 6.33 Å². The summed E-state index contributed by atoms with van der Waals surface area (Å²) in [5.74, 6) is 1.12. The number of ether oxygens (including phenoxy) is 1. The number of unbranched alkanes of at least 4 members (excludes halogenated alkanes) is 4. The van der Waals surface area contributed by atoms with Crippen LogP contribution in [0.5, 0.6) is 0 Å². The van der Waals surface area contributed by atoms with Gasteiger partial charge < -0.3 is 15.6 Å². The topological polar surface area (TPSA) is 99.1 Å². The minimum atomic E-state index is -0.616. The van der Waals surface area contributed by atoms with Gasteiger partial charge in [-0.1, -0.05) is 46.0 Å². The Morgan fingerprint density at radius 2 is 1.96 bits per heavy atom. The third-order valence-corrected chi connectivity index (χ3v) is 5.76. The Labute approximate surface area is 166 Å². The Balaban J connectivity index is 1.83. The lowest BCUT2D eigenvalue weighted by atomic mass is 10.1. The molecular weight excluding hydrogens is 362 g/mol. The number of rotatable bonds is 9. The van der Waals surface area contributed by atoms with Crippen LogP contribution in [0.15, 0.2) is 6.33 Å². The number of anilines is 1. The van der Waals surface area contributed by atoms with Crippen LogP contribution in [0, 0.1) is 0 Å². The number of nitrogens with two attached hydrogens (primary N) is 1. The van der Waals surface area contributed by atoms with E-state index in [0.717, 1.165) is 44.3 Å². The summed E-state index contributed by atoms with van der Waals surface area (Å²) in [7, 11) is 0. The van der Waals surface area contributed by atoms with Gasteiger partial charge in [-0.25, -0.2) is 15.0 Å². The Bertz CT molecular complexity index is 753. The first-order chi connectivity index (χ1) is 13.1.